The molecule has 0 spiro atoms. The Morgan fingerprint density at radius 2 is 2.05 bits per heavy atom. The third-order valence-corrected chi connectivity index (χ3v) is 5.37. The van der Waals surface area contributed by atoms with E-state index in [1.807, 2.05) is 4.90 Å². The monoisotopic (exact) mass is 308 g/mol. The van der Waals surface area contributed by atoms with Crippen LogP contribution in [0.15, 0.2) is 6.20 Å². The van der Waals surface area contributed by atoms with E-state index in [2.05, 4.69) is 22.1 Å². The number of piperazine rings is 1. The number of aromatic nitrogens is 1. The minimum Gasteiger partial charge on any atom is -0.335 e. The minimum atomic E-state index is 0.146. The van der Waals surface area contributed by atoms with E-state index in [0.717, 1.165) is 61.6 Å². The Labute approximate surface area is 130 Å². The molecular weight excluding hydrogens is 284 g/mol. The first-order valence-corrected chi connectivity index (χ1v) is 8.71. The van der Waals surface area contributed by atoms with E-state index in [1.54, 1.807) is 17.5 Å². The van der Waals surface area contributed by atoms with Crippen molar-refractivity contribution in [2.75, 3.05) is 39.3 Å². The molecule has 116 valence electrons. The van der Waals surface area contributed by atoms with Crippen LogP contribution in [0.1, 0.15) is 34.4 Å². The normalized spacial score (nSPS) is 21.7. The number of piperidine rings is 1. The summed E-state index contributed by atoms with van der Waals surface area (Å²) in [6.07, 6.45) is 4.31. The van der Waals surface area contributed by atoms with E-state index >= 15 is 0 Å². The lowest BCUT2D eigenvalue weighted by atomic mass is 9.99. The summed E-state index contributed by atoms with van der Waals surface area (Å²) >= 11 is 1.56. The number of hydrogen-bond donors (Lipinski definition) is 1. The van der Waals surface area contributed by atoms with Crippen LogP contribution in [0.5, 0.6) is 0 Å². The topological polar surface area (TPSA) is 48.5 Å². The maximum atomic E-state index is 12.4. The molecule has 0 atom stereocenters. The number of nitrogens with one attached hydrogen (secondary N) is 1. The van der Waals surface area contributed by atoms with Crippen LogP contribution in [0.2, 0.25) is 0 Å². The largest absolute Gasteiger partial charge is 0.335 e. The average Bonchev–Trinajstić information content (AvgIpc) is 2.98. The Kier molecular flexibility index (Phi) is 4.87. The molecule has 0 aromatic carbocycles. The van der Waals surface area contributed by atoms with Crippen molar-refractivity contribution in [3.63, 3.8) is 0 Å². The second kappa shape index (κ2) is 6.85. The summed E-state index contributed by atoms with van der Waals surface area (Å²) in [4.78, 5) is 22.0. The second-order valence-electron chi connectivity index (χ2n) is 6.12. The maximum absolute atomic E-state index is 12.4. The molecule has 6 heteroatoms. The van der Waals surface area contributed by atoms with Gasteiger partial charge in [-0.05, 0) is 31.8 Å². The number of hydrogen-bond acceptors (Lipinski definition) is 5. The van der Waals surface area contributed by atoms with Crippen molar-refractivity contribution >= 4 is 17.2 Å². The van der Waals surface area contributed by atoms with E-state index in [4.69, 9.17) is 0 Å². The van der Waals surface area contributed by atoms with Crippen LogP contribution in [-0.2, 0) is 6.54 Å². The third-order valence-electron chi connectivity index (χ3n) is 4.40. The third kappa shape index (κ3) is 3.81. The fourth-order valence-electron chi connectivity index (χ4n) is 2.92. The molecule has 2 saturated heterocycles. The molecule has 3 heterocycles. The van der Waals surface area contributed by atoms with Crippen molar-refractivity contribution < 1.29 is 4.79 Å². The number of thiazole rings is 1. The van der Waals surface area contributed by atoms with Gasteiger partial charge in [0.1, 0.15) is 9.88 Å². The molecule has 1 aromatic rings. The van der Waals surface area contributed by atoms with Crippen molar-refractivity contribution in [3.8, 4) is 0 Å². The highest BCUT2D eigenvalue weighted by molar-refractivity contribution is 7.13. The highest BCUT2D eigenvalue weighted by Crippen LogP contribution is 2.21. The SMILES string of the molecule is CC1CCN(Cc2ncc(C(=O)N3CCNCC3)s2)CC1. The summed E-state index contributed by atoms with van der Waals surface area (Å²) in [5, 5.41) is 4.34. The predicted molar refractivity (Wildman–Crippen MR) is 84.6 cm³/mol. The molecule has 1 N–H and O–H groups in total. The maximum Gasteiger partial charge on any atom is 0.265 e. The lowest BCUT2D eigenvalue weighted by Gasteiger charge is -2.29. The fourth-order valence-corrected chi connectivity index (χ4v) is 3.85. The molecule has 5 nitrogen and oxygen atoms in total. The van der Waals surface area contributed by atoms with E-state index in [1.165, 1.54) is 12.8 Å². The van der Waals surface area contributed by atoms with Gasteiger partial charge in [0, 0.05) is 26.2 Å². The second-order valence-corrected chi connectivity index (χ2v) is 7.23. The standard InChI is InChI=1S/C15H24N4OS/c1-12-2-6-18(7-3-12)11-14-17-10-13(21-14)15(20)19-8-4-16-5-9-19/h10,12,16H,2-9,11H2,1H3. The number of carbonyl (C=O) groups excluding carboxylic acids is 1. The van der Waals surface area contributed by atoms with Gasteiger partial charge >= 0.3 is 0 Å². The van der Waals surface area contributed by atoms with Gasteiger partial charge in [0.2, 0.25) is 0 Å². The smallest absolute Gasteiger partial charge is 0.265 e. The Balaban J connectivity index is 1.56. The van der Waals surface area contributed by atoms with Crippen LogP contribution in [0.25, 0.3) is 0 Å². The highest BCUT2D eigenvalue weighted by atomic mass is 32.1. The van der Waals surface area contributed by atoms with Crippen LogP contribution < -0.4 is 5.32 Å². The zero-order valence-corrected chi connectivity index (χ0v) is 13.5. The molecule has 0 saturated carbocycles. The van der Waals surface area contributed by atoms with Gasteiger partial charge in [0.15, 0.2) is 0 Å². The van der Waals surface area contributed by atoms with Crippen molar-refractivity contribution in [1.29, 1.82) is 0 Å². The molecule has 3 rings (SSSR count). The Hall–Kier alpha value is -0.980. The minimum absolute atomic E-state index is 0.146. The van der Waals surface area contributed by atoms with Gasteiger partial charge in [0.05, 0.1) is 12.7 Å². The van der Waals surface area contributed by atoms with E-state index in [0.29, 0.717) is 0 Å². The van der Waals surface area contributed by atoms with E-state index in [9.17, 15) is 4.79 Å². The zero-order valence-electron chi connectivity index (χ0n) is 12.7. The molecular formula is C15H24N4OS. The van der Waals surface area contributed by atoms with Crippen molar-refractivity contribution in [3.05, 3.63) is 16.1 Å². The molecule has 2 fully saturated rings. The quantitative estimate of drug-likeness (QED) is 0.917. The van der Waals surface area contributed by atoms with Crippen molar-refractivity contribution in [2.45, 2.75) is 26.3 Å². The summed E-state index contributed by atoms with van der Waals surface area (Å²) in [6.45, 7) is 8.92. The van der Waals surface area contributed by atoms with Crippen LogP contribution >= 0.6 is 11.3 Å². The van der Waals surface area contributed by atoms with Crippen LogP contribution in [0, 0.1) is 5.92 Å². The van der Waals surface area contributed by atoms with Gasteiger partial charge < -0.3 is 10.2 Å². The summed E-state index contributed by atoms with van der Waals surface area (Å²) in [6, 6.07) is 0. The first kappa shape index (κ1) is 14.9. The van der Waals surface area contributed by atoms with Crippen molar-refractivity contribution in [2.24, 2.45) is 5.92 Å². The highest BCUT2D eigenvalue weighted by Gasteiger charge is 2.21. The number of likely N-dealkylation sites (tertiary alicyclic amines) is 1. The van der Waals surface area contributed by atoms with Crippen LogP contribution in [0.3, 0.4) is 0 Å². The molecule has 2 aliphatic heterocycles. The zero-order chi connectivity index (χ0) is 14.7. The lowest BCUT2D eigenvalue weighted by molar-refractivity contribution is 0.0740. The molecule has 1 aromatic heterocycles. The van der Waals surface area contributed by atoms with Gasteiger partial charge in [-0.3, -0.25) is 9.69 Å². The Morgan fingerprint density at radius 1 is 1.33 bits per heavy atom. The molecule has 0 unspecified atom stereocenters. The summed E-state index contributed by atoms with van der Waals surface area (Å²) in [7, 11) is 0. The summed E-state index contributed by atoms with van der Waals surface area (Å²) in [5.74, 6) is 0.995. The van der Waals surface area contributed by atoms with Gasteiger partial charge in [-0.1, -0.05) is 6.92 Å². The number of rotatable bonds is 3. The molecule has 0 aliphatic carbocycles. The van der Waals surface area contributed by atoms with Crippen LogP contribution in [-0.4, -0.2) is 60.0 Å². The number of amides is 1. The van der Waals surface area contributed by atoms with E-state index < -0.39 is 0 Å². The van der Waals surface area contributed by atoms with E-state index in [-0.39, 0.29) is 5.91 Å². The first-order chi connectivity index (χ1) is 10.2. The average molecular weight is 308 g/mol. The lowest BCUT2D eigenvalue weighted by Crippen LogP contribution is -2.46. The number of nitrogens with zero attached hydrogens (tertiary/aromatic N) is 3. The fraction of sp³-hybridized carbons (Fsp3) is 0.733. The van der Waals surface area contributed by atoms with Gasteiger partial charge in [-0.15, -0.1) is 11.3 Å². The number of carbonyl (C=O) groups is 1. The van der Waals surface area contributed by atoms with Crippen LogP contribution in [0.4, 0.5) is 0 Å². The molecule has 0 radical (unpaired) electrons. The van der Waals surface area contributed by atoms with Gasteiger partial charge in [-0.2, -0.15) is 0 Å². The Morgan fingerprint density at radius 3 is 2.76 bits per heavy atom. The summed E-state index contributed by atoms with van der Waals surface area (Å²) < 4.78 is 0. The molecule has 0 bridgehead atoms. The Bertz CT molecular complexity index is 476. The molecule has 21 heavy (non-hydrogen) atoms. The summed E-state index contributed by atoms with van der Waals surface area (Å²) in [5.41, 5.74) is 0. The van der Waals surface area contributed by atoms with Gasteiger partial charge in [-0.25, -0.2) is 4.98 Å². The predicted octanol–water partition coefficient (Wildman–Crippen LogP) is 1.42. The van der Waals surface area contributed by atoms with Crippen molar-refractivity contribution in [1.82, 2.24) is 20.1 Å². The van der Waals surface area contributed by atoms with Gasteiger partial charge in [0.25, 0.3) is 5.91 Å². The first-order valence-electron chi connectivity index (χ1n) is 7.89. The molecule has 2 aliphatic rings. The molecule has 1 amide bonds.